The van der Waals surface area contributed by atoms with E-state index < -0.39 is 102 Å². The predicted octanol–water partition coefficient (Wildman–Crippen LogP) is 0.577. The molecule has 4 aromatic rings. The molecule has 0 aliphatic carbocycles. The lowest BCUT2D eigenvalue weighted by Gasteiger charge is -2.43. The topological polar surface area (TPSA) is 275 Å². The number of carbonyl (C=O) groups excluding carboxylic acids is 1. The average molecular weight is 741 g/mol. The van der Waals surface area contributed by atoms with E-state index in [1.54, 1.807) is 12.1 Å². The van der Waals surface area contributed by atoms with Crippen molar-refractivity contribution in [3.8, 4) is 40.1 Å². The molecule has 0 saturated carbocycles. The summed E-state index contributed by atoms with van der Waals surface area (Å²) in [6.07, 6.45) is -14.0. The Hall–Kier alpha value is -5.24. The van der Waals surface area contributed by atoms with Crippen molar-refractivity contribution in [1.29, 1.82) is 0 Å². The number of aliphatic hydroxyl groups is 5. The van der Waals surface area contributed by atoms with E-state index in [9.17, 15) is 55.5 Å². The van der Waals surface area contributed by atoms with Crippen LogP contribution in [0.3, 0.4) is 0 Å². The molecule has 2 aliphatic rings. The summed E-state index contributed by atoms with van der Waals surface area (Å²) in [5, 5.41) is 93.0. The fourth-order valence-electron chi connectivity index (χ4n) is 5.86. The number of phenols is 4. The van der Waals surface area contributed by atoms with Crippen LogP contribution in [0.1, 0.15) is 12.5 Å². The molecule has 0 radical (unpaired) electrons. The van der Waals surface area contributed by atoms with Crippen molar-refractivity contribution in [2.24, 2.45) is 0 Å². The standard InChI is InChI=1S/C36H36O17/c1-15-32(52-24(41)11-4-16-2-7-18(37)8-3-16)29(45)31(47)35(49-15)48-14-23-26(42)28(44)30(46)36(51-23)53-34-27(43)25-21(40)12-20(39)13-22(25)50-33(34)17-5-9-19(38)10-6-17/h2-13,15,23,26,28-32,35-40,42,44-47H,14H2,1H3/t15-,23+,26-,28-,29-,30+,31+,32-,35-,36-/m0/s1. The maximum absolute atomic E-state index is 13.7. The van der Waals surface area contributed by atoms with Crippen LogP contribution in [0.2, 0.25) is 0 Å². The molecule has 10 atom stereocenters. The van der Waals surface area contributed by atoms with E-state index in [1.807, 2.05) is 0 Å². The van der Waals surface area contributed by atoms with Gasteiger partial charge in [0.05, 0.1) is 12.7 Å². The number of hydrogen-bond acceptors (Lipinski definition) is 17. The molecular weight excluding hydrogens is 704 g/mol. The predicted molar refractivity (Wildman–Crippen MR) is 180 cm³/mol. The van der Waals surface area contributed by atoms with Gasteiger partial charge in [0.1, 0.15) is 70.6 Å². The smallest absolute Gasteiger partial charge is 0.331 e. The quantitative estimate of drug-likeness (QED) is 0.0838. The number of esters is 1. The van der Waals surface area contributed by atoms with Gasteiger partial charge in [0, 0.05) is 23.8 Å². The first-order valence-electron chi connectivity index (χ1n) is 16.2. The van der Waals surface area contributed by atoms with Gasteiger partial charge in [-0.15, -0.1) is 0 Å². The first-order valence-corrected chi connectivity index (χ1v) is 16.2. The zero-order valence-corrected chi connectivity index (χ0v) is 27.7. The molecule has 3 aromatic carbocycles. The number of benzene rings is 3. The summed E-state index contributed by atoms with van der Waals surface area (Å²) in [4.78, 5) is 26.2. The van der Waals surface area contributed by atoms with Gasteiger partial charge in [-0.2, -0.15) is 0 Å². The van der Waals surface area contributed by atoms with Crippen LogP contribution < -0.4 is 10.2 Å². The monoisotopic (exact) mass is 740 g/mol. The summed E-state index contributed by atoms with van der Waals surface area (Å²) in [6.45, 7) is 0.812. The number of hydrogen-bond donors (Lipinski definition) is 9. The zero-order chi connectivity index (χ0) is 38.1. The highest BCUT2D eigenvalue weighted by Gasteiger charge is 2.48. The minimum Gasteiger partial charge on any atom is -0.508 e. The van der Waals surface area contributed by atoms with Crippen molar-refractivity contribution in [1.82, 2.24) is 0 Å². The zero-order valence-electron chi connectivity index (χ0n) is 27.7. The molecule has 6 rings (SSSR count). The Morgan fingerprint density at radius 1 is 0.774 bits per heavy atom. The van der Waals surface area contributed by atoms with E-state index in [-0.39, 0.29) is 28.4 Å². The van der Waals surface area contributed by atoms with Gasteiger partial charge in [0.25, 0.3) is 0 Å². The summed E-state index contributed by atoms with van der Waals surface area (Å²) in [5.74, 6) is -2.90. The van der Waals surface area contributed by atoms with Crippen molar-refractivity contribution < 1.29 is 78.9 Å². The molecule has 2 fully saturated rings. The molecule has 2 saturated heterocycles. The maximum atomic E-state index is 13.7. The first kappa shape index (κ1) is 37.5. The average Bonchev–Trinajstić information content (AvgIpc) is 3.12. The number of ether oxygens (including phenoxy) is 5. The molecule has 17 nitrogen and oxygen atoms in total. The van der Waals surface area contributed by atoms with Crippen LogP contribution in [-0.2, 0) is 23.7 Å². The van der Waals surface area contributed by atoms with E-state index in [0.29, 0.717) is 5.56 Å². The van der Waals surface area contributed by atoms with Crippen molar-refractivity contribution in [3.63, 3.8) is 0 Å². The number of fused-ring (bicyclic) bond motifs is 1. The lowest BCUT2D eigenvalue weighted by atomic mass is 9.98. The second-order valence-electron chi connectivity index (χ2n) is 12.5. The summed E-state index contributed by atoms with van der Waals surface area (Å²) in [5.41, 5.74) is -0.444. The van der Waals surface area contributed by atoms with Gasteiger partial charge < -0.3 is 74.1 Å². The van der Waals surface area contributed by atoms with E-state index in [0.717, 1.165) is 18.2 Å². The molecule has 1 aromatic heterocycles. The van der Waals surface area contributed by atoms with Crippen molar-refractivity contribution in [2.75, 3.05) is 6.61 Å². The van der Waals surface area contributed by atoms with Crippen LogP contribution in [-0.4, -0.2) is 120 Å². The third kappa shape index (κ3) is 7.92. The van der Waals surface area contributed by atoms with E-state index in [4.69, 9.17) is 28.1 Å². The highest BCUT2D eigenvalue weighted by atomic mass is 16.7. The van der Waals surface area contributed by atoms with Crippen LogP contribution in [0.15, 0.2) is 76.0 Å². The maximum Gasteiger partial charge on any atom is 0.331 e. The highest BCUT2D eigenvalue weighted by molar-refractivity contribution is 5.88. The largest absolute Gasteiger partial charge is 0.508 e. The molecular formula is C36H36O17. The fourth-order valence-corrected chi connectivity index (χ4v) is 5.86. The molecule has 0 unspecified atom stereocenters. The van der Waals surface area contributed by atoms with Crippen LogP contribution in [0.4, 0.5) is 0 Å². The molecule has 17 heteroatoms. The Bertz CT molecular complexity index is 2010. The molecule has 3 heterocycles. The Kier molecular flexibility index (Phi) is 10.9. The summed E-state index contributed by atoms with van der Waals surface area (Å²) < 4.78 is 33.9. The van der Waals surface area contributed by atoms with E-state index in [1.165, 1.54) is 49.4 Å². The van der Waals surface area contributed by atoms with Crippen molar-refractivity contribution in [2.45, 2.75) is 68.3 Å². The van der Waals surface area contributed by atoms with Gasteiger partial charge in [0.15, 0.2) is 18.2 Å². The van der Waals surface area contributed by atoms with Gasteiger partial charge in [-0.3, -0.25) is 4.79 Å². The minimum absolute atomic E-state index is 0.0408. The molecule has 2 aliphatic heterocycles. The first-order chi connectivity index (χ1) is 25.2. The van der Waals surface area contributed by atoms with E-state index in [2.05, 4.69) is 0 Å². The normalized spacial score (nSPS) is 28.9. The summed E-state index contributed by atoms with van der Waals surface area (Å²) >= 11 is 0. The van der Waals surface area contributed by atoms with Gasteiger partial charge in [-0.1, -0.05) is 12.1 Å². The van der Waals surface area contributed by atoms with Gasteiger partial charge in [-0.05, 0) is 55.0 Å². The van der Waals surface area contributed by atoms with Crippen molar-refractivity contribution >= 4 is 23.0 Å². The van der Waals surface area contributed by atoms with Crippen LogP contribution in [0, 0.1) is 0 Å². The Morgan fingerprint density at radius 2 is 1.42 bits per heavy atom. The molecule has 9 N–H and O–H groups in total. The molecule has 53 heavy (non-hydrogen) atoms. The Balaban J connectivity index is 1.16. The molecule has 0 bridgehead atoms. The van der Waals surface area contributed by atoms with Gasteiger partial charge in [-0.25, -0.2) is 4.79 Å². The second kappa shape index (κ2) is 15.4. The summed E-state index contributed by atoms with van der Waals surface area (Å²) in [7, 11) is 0. The molecule has 0 amide bonds. The molecule has 282 valence electrons. The number of rotatable bonds is 9. The van der Waals surface area contributed by atoms with Crippen LogP contribution in [0.5, 0.6) is 28.7 Å². The third-order valence-corrected chi connectivity index (χ3v) is 8.71. The lowest BCUT2D eigenvalue weighted by molar-refractivity contribution is -0.319. The summed E-state index contributed by atoms with van der Waals surface area (Å²) in [6, 6.07) is 13.2. The number of phenolic OH excluding ortho intramolecular Hbond substituents is 4. The fraction of sp³-hybridized carbons (Fsp3) is 0.333. The Morgan fingerprint density at radius 3 is 2.09 bits per heavy atom. The van der Waals surface area contributed by atoms with Crippen LogP contribution >= 0.6 is 0 Å². The number of aliphatic hydroxyl groups excluding tert-OH is 5. The molecule has 0 spiro atoms. The van der Waals surface area contributed by atoms with Gasteiger partial charge in [0.2, 0.25) is 17.5 Å². The number of carbonyl (C=O) groups is 1. The minimum atomic E-state index is -1.96. The SMILES string of the molecule is C[C@@H]1O[C@H](OC[C@H]2O[C@@H](Oc3c(-c4ccc(O)cc4)oc4cc(O)cc(O)c4c3=O)[C@H](O)[C@@H](O)[C@H]2O)[C@H](O)[C@H](O)[C@H]1OC(=O)C=Cc1ccc(O)cc1. The van der Waals surface area contributed by atoms with Crippen molar-refractivity contribution in [3.05, 3.63) is 82.5 Å². The number of aromatic hydroxyl groups is 4. The van der Waals surface area contributed by atoms with E-state index >= 15 is 0 Å². The second-order valence-corrected chi connectivity index (χ2v) is 12.5. The lowest BCUT2D eigenvalue weighted by Crippen LogP contribution is -2.62. The van der Waals surface area contributed by atoms with Gasteiger partial charge >= 0.3 is 5.97 Å². The highest BCUT2D eigenvalue weighted by Crippen LogP contribution is 2.38. The Labute approximate surface area is 299 Å². The third-order valence-electron chi connectivity index (χ3n) is 8.71. The van der Waals surface area contributed by atoms with Crippen LogP contribution in [0.25, 0.3) is 28.4 Å².